The number of benzene rings is 2. The summed E-state index contributed by atoms with van der Waals surface area (Å²) in [5.74, 6) is -3.77. The van der Waals surface area contributed by atoms with E-state index in [9.17, 15) is 26.7 Å². The topological polar surface area (TPSA) is 83.3 Å². The molecule has 0 aromatic heterocycles. The van der Waals surface area contributed by atoms with Crippen LogP contribution in [0.3, 0.4) is 0 Å². The van der Waals surface area contributed by atoms with E-state index in [2.05, 4.69) is 5.32 Å². The molecule has 2 aromatic carbocycles. The second-order valence-corrected chi connectivity index (χ2v) is 11.3. The molecule has 2 aromatic rings. The van der Waals surface area contributed by atoms with E-state index in [4.69, 9.17) is 10.8 Å². The molecule has 208 valence electrons. The number of rotatable bonds is 7. The molecule has 0 bridgehead atoms. The summed E-state index contributed by atoms with van der Waals surface area (Å²) in [5, 5.41) is 19.3. The van der Waals surface area contributed by atoms with Crippen LogP contribution in [0.15, 0.2) is 36.4 Å². The van der Waals surface area contributed by atoms with Gasteiger partial charge in [0.2, 0.25) is 0 Å². The zero-order valence-corrected chi connectivity index (χ0v) is 21.7. The van der Waals surface area contributed by atoms with Gasteiger partial charge in [-0.1, -0.05) is 12.1 Å². The molecule has 0 unspecified atom stereocenters. The first-order valence-corrected chi connectivity index (χ1v) is 12.8. The van der Waals surface area contributed by atoms with Crippen molar-refractivity contribution >= 4 is 23.8 Å². The quantitative estimate of drug-likeness (QED) is 0.223. The molecule has 39 heavy (non-hydrogen) atoms. The highest BCUT2D eigenvalue weighted by molar-refractivity contribution is 6.10. The van der Waals surface area contributed by atoms with Gasteiger partial charge in [-0.05, 0) is 67.1 Å². The van der Waals surface area contributed by atoms with E-state index >= 15 is 0 Å². The maximum Gasteiger partial charge on any atom is 0.416 e. The number of nitrogens with zero attached hydrogens (tertiary/aromatic N) is 2. The third kappa shape index (κ3) is 4.70. The number of carbonyl (C=O) groups is 1. The van der Waals surface area contributed by atoms with E-state index in [1.54, 1.807) is 18.2 Å². The normalized spacial score (nSPS) is 20.6. The summed E-state index contributed by atoms with van der Waals surface area (Å²) in [6, 6.07) is 8.78. The summed E-state index contributed by atoms with van der Waals surface area (Å²) < 4.78 is 70.5. The number of hydrogen-bond acceptors (Lipinski definition) is 4. The van der Waals surface area contributed by atoms with Crippen LogP contribution in [0, 0.1) is 10.8 Å². The highest BCUT2D eigenvalue weighted by atomic mass is 19.4. The third-order valence-corrected chi connectivity index (χ3v) is 8.41. The van der Waals surface area contributed by atoms with E-state index in [-0.39, 0.29) is 41.3 Å². The Morgan fingerprint density at radius 1 is 1.18 bits per heavy atom. The number of alkyl halides is 5. The zero-order chi connectivity index (χ0) is 28.4. The van der Waals surface area contributed by atoms with E-state index in [0.717, 1.165) is 36.6 Å². The van der Waals surface area contributed by atoms with E-state index in [1.807, 2.05) is 6.92 Å². The van der Waals surface area contributed by atoms with Crippen molar-refractivity contribution in [1.29, 1.82) is 10.8 Å². The van der Waals surface area contributed by atoms with E-state index in [1.165, 1.54) is 24.1 Å². The van der Waals surface area contributed by atoms with Gasteiger partial charge in [-0.15, -0.1) is 0 Å². The van der Waals surface area contributed by atoms with Gasteiger partial charge in [-0.3, -0.25) is 15.6 Å². The van der Waals surface area contributed by atoms with Gasteiger partial charge in [0.25, 0.3) is 11.8 Å². The Balaban J connectivity index is 1.48. The van der Waals surface area contributed by atoms with Crippen LogP contribution in [0.4, 0.5) is 27.6 Å². The number of carbonyl (C=O) groups excluding carboxylic acids is 1. The first-order chi connectivity index (χ1) is 18.2. The van der Waals surface area contributed by atoms with Crippen LogP contribution < -0.4 is 10.2 Å². The number of amides is 1. The van der Waals surface area contributed by atoms with Crippen LogP contribution in [0.2, 0.25) is 0 Å². The highest BCUT2D eigenvalue weighted by Gasteiger charge is 2.60. The fourth-order valence-electron chi connectivity index (χ4n) is 5.94. The molecule has 2 saturated carbocycles. The van der Waals surface area contributed by atoms with Crippen molar-refractivity contribution in [3.8, 4) is 0 Å². The molecule has 1 amide bonds. The molecule has 11 heteroatoms. The van der Waals surface area contributed by atoms with Gasteiger partial charge in [-0.2, -0.15) is 13.2 Å². The number of hydrogen-bond donors (Lipinski definition) is 3. The zero-order valence-electron chi connectivity index (χ0n) is 21.7. The Hall–Kier alpha value is -3.34. The van der Waals surface area contributed by atoms with Crippen molar-refractivity contribution in [1.82, 2.24) is 10.2 Å². The number of nitrogens with one attached hydrogen (secondary N) is 3. The van der Waals surface area contributed by atoms with Gasteiger partial charge >= 0.3 is 6.18 Å². The van der Waals surface area contributed by atoms with Crippen molar-refractivity contribution < 1.29 is 26.7 Å². The average molecular weight is 548 g/mol. The van der Waals surface area contributed by atoms with Crippen LogP contribution in [0.25, 0.3) is 0 Å². The molecule has 5 rings (SSSR count). The molecule has 3 aliphatic rings. The van der Waals surface area contributed by atoms with Crippen molar-refractivity contribution in [2.45, 2.75) is 75.2 Å². The Morgan fingerprint density at radius 2 is 1.87 bits per heavy atom. The smallest absolute Gasteiger partial charge is 0.324 e. The number of halogens is 5. The molecular formula is C28H30F5N5O. The van der Waals surface area contributed by atoms with E-state index < -0.39 is 41.8 Å². The Morgan fingerprint density at radius 3 is 2.44 bits per heavy atom. The first kappa shape index (κ1) is 27.2. The fraction of sp³-hybridized carbons (Fsp3) is 0.464. The van der Waals surface area contributed by atoms with Gasteiger partial charge in [-0.25, -0.2) is 8.78 Å². The minimum absolute atomic E-state index is 0.0213. The molecule has 0 saturated heterocycles. The Kier molecular flexibility index (Phi) is 6.36. The number of anilines is 1. The van der Waals surface area contributed by atoms with Crippen molar-refractivity contribution in [3.63, 3.8) is 0 Å². The van der Waals surface area contributed by atoms with Gasteiger partial charge in [0, 0.05) is 43.2 Å². The Labute approximate surface area is 223 Å². The number of likely N-dealkylation sites (N-methyl/N-ethyl adjacent to an activating group) is 1. The number of fused-ring (bicyclic) bond motifs is 1. The summed E-state index contributed by atoms with van der Waals surface area (Å²) in [5.41, 5.74) is -1.50. The third-order valence-electron chi connectivity index (χ3n) is 8.41. The van der Waals surface area contributed by atoms with Crippen molar-refractivity contribution in [2.24, 2.45) is 0 Å². The van der Waals surface area contributed by atoms with Crippen molar-refractivity contribution in [3.05, 3.63) is 64.2 Å². The largest absolute Gasteiger partial charge is 0.416 e. The molecular weight excluding hydrogens is 517 g/mol. The summed E-state index contributed by atoms with van der Waals surface area (Å²) in [4.78, 5) is 15.8. The monoisotopic (exact) mass is 547 g/mol. The second-order valence-electron chi connectivity index (χ2n) is 11.3. The Bertz CT molecular complexity index is 1340. The molecule has 0 atom stereocenters. The SMILES string of the molecule is CN(C=N)C(=N)C1(c2cccc(N3Cc4c(cc(CNC5(C)CCC5)cc4C(F)(F)F)C3=O)c2)CC(F)(F)C1. The minimum atomic E-state index is -4.66. The molecule has 2 aliphatic carbocycles. The maximum atomic E-state index is 14.1. The lowest BCUT2D eigenvalue weighted by atomic mass is 9.61. The first-order valence-electron chi connectivity index (χ1n) is 12.8. The summed E-state index contributed by atoms with van der Waals surface area (Å²) in [6.07, 6.45) is -2.14. The molecule has 0 spiro atoms. The summed E-state index contributed by atoms with van der Waals surface area (Å²) in [6.45, 7) is 1.92. The lowest BCUT2D eigenvalue weighted by molar-refractivity contribution is -0.138. The van der Waals surface area contributed by atoms with Gasteiger partial charge in [0.1, 0.15) is 5.84 Å². The lowest BCUT2D eigenvalue weighted by Crippen LogP contribution is -2.58. The average Bonchev–Trinajstić information content (AvgIpc) is 3.18. The maximum absolute atomic E-state index is 14.1. The molecule has 0 radical (unpaired) electrons. The predicted octanol–water partition coefficient (Wildman–Crippen LogP) is 6.08. The summed E-state index contributed by atoms with van der Waals surface area (Å²) in [7, 11) is 1.43. The predicted molar refractivity (Wildman–Crippen MR) is 138 cm³/mol. The van der Waals surface area contributed by atoms with Crippen LogP contribution in [-0.2, 0) is 24.7 Å². The molecule has 1 aliphatic heterocycles. The lowest BCUT2D eigenvalue weighted by Gasteiger charge is -2.49. The van der Waals surface area contributed by atoms with E-state index in [0.29, 0.717) is 11.1 Å². The standard InChI is InChI=1S/C28H30F5N5O/c1-25(7-4-8-25)36-12-17-9-20-21(22(10-17)28(31,32)33)13-38(23(20)39)19-6-3-5-18(11-19)26(14-27(29,30)15-26)24(35)37(2)16-34/h3,5-6,9-11,16,34-36H,4,7-8,12-15H2,1-2H3. The molecule has 3 N–H and O–H groups in total. The van der Waals surface area contributed by atoms with Crippen LogP contribution in [0.1, 0.15) is 71.6 Å². The van der Waals surface area contributed by atoms with Gasteiger partial charge in [0.05, 0.1) is 23.9 Å². The van der Waals surface area contributed by atoms with Crippen LogP contribution >= 0.6 is 0 Å². The second kappa shape index (κ2) is 9.11. The fourth-order valence-corrected chi connectivity index (χ4v) is 5.94. The molecule has 1 heterocycles. The van der Waals surface area contributed by atoms with Crippen LogP contribution in [0.5, 0.6) is 0 Å². The molecule has 2 fully saturated rings. The molecule has 6 nitrogen and oxygen atoms in total. The minimum Gasteiger partial charge on any atom is -0.324 e. The summed E-state index contributed by atoms with van der Waals surface area (Å²) >= 11 is 0. The number of amidine groups is 1. The van der Waals surface area contributed by atoms with Gasteiger partial charge in [0.15, 0.2) is 0 Å². The van der Waals surface area contributed by atoms with Gasteiger partial charge < -0.3 is 15.1 Å². The van der Waals surface area contributed by atoms with Crippen LogP contribution in [-0.4, -0.2) is 41.5 Å². The van der Waals surface area contributed by atoms with Crippen molar-refractivity contribution in [2.75, 3.05) is 11.9 Å². The highest BCUT2D eigenvalue weighted by Crippen LogP contribution is 2.55.